The highest BCUT2D eigenvalue weighted by Gasteiger charge is 2.29. The van der Waals surface area contributed by atoms with E-state index < -0.39 is 12.1 Å². The van der Waals surface area contributed by atoms with E-state index in [1.165, 1.54) is 4.90 Å². The van der Waals surface area contributed by atoms with Crippen LogP contribution >= 0.6 is 0 Å². The number of urea groups is 1. The summed E-state index contributed by atoms with van der Waals surface area (Å²) in [7, 11) is 0. The van der Waals surface area contributed by atoms with E-state index in [1.54, 1.807) is 0 Å². The van der Waals surface area contributed by atoms with Gasteiger partial charge in [-0.3, -0.25) is 4.79 Å². The van der Waals surface area contributed by atoms with Crippen molar-refractivity contribution in [1.82, 2.24) is 15.5 Å². The molecule has 1 unspecified atom stereocenters. The summed E-state index contributed by atoms with van der Waals surface area (Å²) in [5.74, 6) is -0.149. The lowest BCUT2D eigenvalue weighted by Gasteiger charge is -2.32. The van der Waals surface area contributed by atoms with Gasteiger partial charge in [-0.25, -0.2) is 4.79 Å². The average Bonchev–Trinajstić information content (AvgIpc) is 2.67. The van der Waals surface area contributed by atoms with Crippen molar-refractivity contribution in [3.63, 3.8) is 0 Å². The van der Waals surface area contributed by atoms with Crippen LogP contribution in [0.3, 0.4) is 0 Å². The quantitative estimate of drug-likeness (QED) is 0.784. The van der Waals surface area contributed by atoms with E-state index in [1.807, 2.05) is 60.7 Å². The molecule has 1 atom stereocenters. The predicted molar refractivity (Wildman–Crippen MR) is 95.8 cm³/mol. The van der Waals surface area contributed by atoms with Crippen LogP contribution in [-0.4, -0.2) is 42.5 Å². The highest BCUT2D eigenvalue weighted by Crippen LogP contribution is 2.22. The number of carbonyl (C=O) groups excluding carboxylic acids is 2. The number of nitrogens with zero attached hydrogens (tertiary/aromatic N) is 1. The third-order valence-electron chi connectivity index (χ3n) is 4.36. The Morgan fingerprint density at radius 2 is 1.60 bits per heavy atom. The third-order valence-corrected chi connectivity index (χ3v) is 4.36. The second-order valence-corrected chi connectivity index (χ2v) is 6.05. The van der Waals surface area contributed by atoms with Crippen LogP contribution in [0.1, 0.15) is 17.2 Å². The van der Waals surface area contributed by atoms with Crippen LogP contribution in [0.4, 0.5) is 4.79 Å². The summed E-state index contributed by atoms with van der Waals surface area (Å²) in [5, 5.41) is 6.25. The first-order valence-corrected chi connectivity index (χ1v) is 8.33. The number of carbonyl (C=O) groups is 2. The number of piperazine rings is 1. The van der Waals surface area contributed by atoms with E-state index in [0.717, 1.165) is 11.1 Å². The van der Waals surface area contributed by atoms with Crippen LogP contribution < -0.4 is 16.4 Å². The molecule has 0 aliphatic carbocycles. The maximum atomic E-state index is 12.8. The zero-order chi connectivity index (χ0) is 17.6. The smallest absolute Gasteiger partial charge is 0.314 e. The minimum Gasteiger partial charge on any atom is -0.351 e. The molecule has 0 saturated carbocycles. The number of hydrogen-bond acceptors (Lipinski definition) is 3. The molecule has 6 heteroatoms. The molecular weight excluding hydrogens is 316 g/mol. The van der Waals surface area contributed by atoms with Gasteiger partial charge in [0, 0.05) is 19.6 Å². The average molecular weight is 338 g/mol. The molecule has 0 aromatic heterocycles. The summed E-state index contributed by atoms with van der Waals surface area (Å²) in [6.45, 7) is 1.33. The van der Waals surface area contributed by atoms with E-state index in [0.29, 0.717) is 13.1 Å². The summed E-state index contributed by atoms with van der Waals surface area (Å²) >= 11 is 0. The normalized spacial score (nSPS) is 17.3. The molecule has 4 N–H and O–H groups in total. The Bertz CT molecular complexity index is 681. The van der Waals surface area contributed by atoms with E-state index in [9.17, 15) is 9.59 Å². The maximum Gasteiger partial charge on any atom is 0.314 e. The van der Waals surface area contributed by atoms with Gasteiger partial charge < -0.3 is 21.3 Å². The zero-order valence-electron chi connectivity index (χ0n) is 13.9. The van der Waals surface area contributed by atoms with Gasteiger partial charge in [-0.2, -0.15) is 0 Å². The highest BCUT2D eigenvalue weighted by molar-refractivity contribution is 5.84. The Hall–Kier alpha value is -2.86. The van der Waals surface area contributed by atoms with Crippen molar-refractivity contribution in [2.45, 2.75) is 12.1 Å². The molecule has 1 heterocycles. The van der Waals surface area contributed by atoms with Gasteiger partial charge in [-0.15, -0.1) is 0 Å². The molecule has 6 nitrogen and oxygen atoms in total. The van der Waals surface area contributed by atoms with Crippen LogP contribution in [0.2, 0.25) is 0 Å². The first kappa shape index (κ1) is 17.0. The molecule has 2 aromatic rings. The minimum atomic E-state index is -0.498. The fourth-order valence-corrected chi connectivity index (χ4v) is 3.02. The minimum absolute atomic E-state index is 0.149. The summed E-state index contributed by atoms with van der Waals surface area (Å²) in [6, 6.07) is 18.4. The Morgan fingerprint density at radius 1 is 1.04 bits per heavy atom. The van der Waals surface area contributed by atoms with Gasteiger partial charge in [0.2, 0.25) is 5.91 Å². The predicted octanol–water partition coefficient (Wildman–Crippen LogP) is 1.24. The summed E-state index contributed by atoms with van der Waals surface area (Å²) < 4.78 is 0. The molecule has 3 amide bonds. The standard InChI is InChI=1S/C19H22N4O2/c20-19(25)23-12-11-21-16(13-23)18(24)22-17(14-7-3-1-4-8-14)15-9-5-2-6-10-15/h1-10,16-17,21H,11-13H2,(H2,20,25)(H,22,24). The number of nitrogens with two attached hydrogens (primary N) is 1. The van der Waals surface area contributed by atoms with Crippen molar-refractivity contribution in [3.05, 3.63) is 71.8 Å². The van der Waals surface area contributed by atoms with Crippen LogP contribution in [0.15, 0.2) is 60.7 Å². The molecular formula is C19H22N4O2. The number of hydrogen-bond donors (Lipinski definition) is 3. The van der Waals surface area contributed by atoms with E-state index in [2.05, 4.69) is 10.6 Å². The molecule has 0 radical (unpaired) electrons. The van der Waals surface area contributed by atoms with Gasteiger partial charge in [0.1, 0.15) is 6.04 Å². The third kappa shape index (κ3) is 4.16. The van der Waals surface area contributed by atoms with Crippen molar-refractivity contribution in [3.8, 4) is 0 Å². The molecule has 130 valence electrons. The maximum absolute atomic E-state index is 12.8. The Morgan fingerprint density at radius 3 is 2.12 bits per heavy atom. The lowest BCUT2D eigenvalue weighted by Crippen LogP contribution is -2.59. The molecule has 1 fully saturated rings. The van der Waals surface area contributed by atoms with Gasteiger partial charge in [0.05, 0.1) is 6.04 Å². The zero-order valence-corrected chi connectivity index (χ0v) is 13.9. The van der Waals surface area contributed by atoms with Gasteiger partial charge >= 0.3 is 6.03 Å². The number of nitrogens with one attached hydrogen (secondary N) is 2. The second kappa shape index (κ2) is 7.81. The molecule has 3 rings (SSSR count). The van der Waals surface area contributed by atoms with Crippen molar-refractivity contribution in [2.75, 3.05) is 19.6 Å². The summed E-state index contributed by atoms with van der Waals surface area (Å²) in [6.07, 6.45) is 0. The van der Waals surface area contributed by atoms with Gasteiger partial charge in [-0.05, 0) is 11.1 Å². The van der Waals surface area contributed by atoms with Crippen molar-refractivity contribution in [2.24, 2.45) is 5.73 Å². The van der Waals surface area contributed by atoms with Crippen LogP contribution in [0.25, 0.3) is 0 Å². The van der Waals surface area contributed by atoms with Crippen molar-refractivity contribution < 1.29 is 9.59 Å². The van der Waals surface area contributed by atoms with E-state index in [-0.39, 0.29) is 18.5 Å². The lowest BCUT2D eigenvalue weighted by molar-refractivity contribution is -0.124. The van der Waals surface area contributed by atoms with Crippen LogP contribution in [0, 0.1) is 0 Å². The number of primary amides is 1. The Balaban J connectivity index is 1.78. The Kier molecular flexibility index (Phi) is 5.30. The molecule has 25 heavy (non-hydrogen) atoms. The first-order valence-electron chi connectivity index (χ1n) is 8.33. The molecule has 2 aromatic carbocycles. The van der Waals surface area contributed by atoms with Gasteiger partial charge in [0.25, 0.3) is 0 Å². The van der Waals surface area contributed by atoms with Crippen LogP contribution in [-0.2, 0) is 4.79 Å². The summed E-state index contributed by atoms with van der Waals surface area (Å²) in [5.41, 5.74) is 7.35. The molecule has 1 aliphatic heterocycles. The number of amides is 3. The first-order chi connectivity index (χ1) is 12.1. The molecule has 1 aliphatic rings. The van der Waals surface area contributed by atoms with Gasteiger partial charge in [-0.1, -0.05) is 60.7 Å². The van der Waals surface area contributed by atoms with E-state index >= 15 is 0 Å². The van der Waals surface area contributed by atoms with Crippen molar-refractivity contribution >= 4 is 11.9 Å². The largest absolute Gasteiger partial charge is 0.351 e. The highest BCUT2D eigenvalue weighted by atomic mass is 16.2. The fourth-order valence-electron chi connectivity index (χ4n) is 3.02. The number of rotatable bonds is 4. The topological polar surface area (TPSA) is 87.5 Å². The van der Waals surface area contributed by atoms with Gasteiger partial charge in [0.15, 0.2) is 0 Å². The lowest BCUT2D eigenvalue weighted by atomic mass is 9.98. The van der Waals surface area contributed by atoms with E-state index in [4.69, 9.17) is 5.73 Å². The molecule has 0 bridgehead atoms. The SMILES string of the molecule is NC(=O)N1CCNC(C(=O)NC(c2ccccc2)c2ccccc2)C1. The Labute approximate surface area is 147 Å². The number of benzene rings is 2. The molecule has 1 saturated heterocycles. The monoisotopic (exact) mass is 338 g/mol. The molecule has 0 spiro atoms. The fraction of sp³-hybridized carbons (Fsp3) is 0.263. The summed E-state index contributed by atoms with van der Waals surface area (Å²) in [4.78, 5) is 25.6. The van der Waals surface area contributed by atoms with Crippen LogP contribution in [0.5, 0.6) is 0 Å². The van der Waals surface area contributed by atoms with Crippen molar-refractivity contribution in [1.29, 1.82) is 0 Å². The second-order valence-electron chi connectivity index (χ2n) is 6.05.